The molecule has 0 unspecified atom stereocenters. The number of imidazole rings is 1. The van der Waals surface area contributed by atoms with E-state index in [2.05, 4.69) is 10.3 Å². The SMILES string of the molecule is Cc1c(NC(=N)N)ccc2c1ncn2C. The van der Waals surface area contributed by atoms with E-state index < -0.39 is 0 Å². The van der Waals surface area contributed by atoms with Gasteiger partial charge in [-0.1, -0.05) is 0 Å². The molecular formula is C10H13N5. The average Bonchev–Trinajstić information content (AvgIpc) is 2.53. The van der Waals surface area contributed by atoms with Gasteiger partial charge in [0.15, 0.2) is 5.96 Å². The van der Waals surface area contributed by atoms with Gasteiger partial charge >= 0.3 is 0 Å². The second-order valence-corrected chi connectivity index (χ2v) is 3.50. The van der Waals surface area contributed by atoms with Gasteiger partial charge in [0.2, 0.25) is 0 Å². The van der Waals surface area contributed by atoms with Crippen molar-refractivity contribution in [1.29, 1.82) is 5.41 Å². The van der Waals surface area contributed by atoms with Crippen LogP contribution in [0, 0.1) is 12.3 Å². The third-order valence-electron chi connectivity index (χ3n) is 2.42. The summed E-state index contributed by atoms with van der Waals surface area (Å²) in [5.41, 5.74) is 9.12. The summed E-state index contributed by atoms with van der Waals surface area (Å²) in [7, 11) is 1.95. The third kappa shape index (κ3) is 1.52. The topological polar surface area (TPSA) is 79.7 Å². The van der Waals surface area contributed by atoms with E-state index in [-0.39, 0.29) is 5.96 Å². The van der Waals surface area contributed by atoms with Crippen LogP contribution in [0.5, 0.6) is 0 Å². The minimum atomic E-state index is -0.0617. The van der Waals surface area contributed by atoms with Gasteiger partial charge in [-0.15, -0.1) is 0 Å². The zero-order valence-electron chi connectivity index (χ0n) is 8.70. The van der Waals surface area contributed by atoms with Crippen molar-refractivity contribution in [3.63, 3.8) is 0 Å². The highest BCUT2D eigenvalue weighted by molar-refractivity contribution is 5.94. The molecule has 78 valence electrons. The van der Waals surface area contributed by atoms with E-state index in [1.165, 1.54) is 0 Å². The van der Waals surface area contributed by atoms with E-state index in [4.69, 9.17) is 11.1 Å². The fourth-order valence-corrected chi connectivity index (χ4v) is 1.62. The Morgan fingerprint density at radius 1 is 1.53 bits per heavy atom. The van der Waals surface area contributed by atoms with Gasteiger partial charge in [-0.2, -0.15) is 0 Å². The Kier molecular flexibility index (Phi) is 2.07. The number of anilines is 1. The number of nitrogens with two attached hydrogens (primary N) is 1. The molecule has 1 heterocycles. The summed E-state index contributed by atoms with van der Waals surface area (Å²) >= 11 is 0. The highest BCUT2D eigenvalue weighted by atomic mass is 15.1. The predicted molar refractivity (Wildman–Crippen MR) is 61.0 cm³/mol. The van der Waals surface area contributed by atoms with Crippen molar-refractivity contribution in [3.05, 3.63) is 24.0 Å². The van der Waals surface area contributed by atoms with E-state index in [0.717, 1.165) is 22.3 Å². The molecule has 0 fully saturated rings. The van der Waals surface area contributed by atoms with Crippen LogP contribution in [-0.4, -0.2) is 15.5 Å². The summed E-state index contributed by atoms with van der Waals surface area (Å²) in [5.74, 6) is -0.0617. The third-order valence-corrected chi connectivity index (χ3v) is 2.42. The Hall–Kier alpha value is -2.04. The maximum Gasteiger partial charge on any atom is 0.190 e. The number of nitrogens with zero attached hydrogens (tertiary/aromatic N) is 2. The maximum absolute atomic E-state index is 7.18. The standard InChI is InChI=1S/C10H13N5/c1-6-7(14-10(11)12)3-4-8-9(6)13-5-15(8)2/h3-5H,1-2H3,(H4,11,12,14). The van der Waals surface area contributed by atoms with Crippen LogP contribution in [0.4, 0.5) is 5.69 Å². The Balaban J connectivity index is 2.60. The highest BCUT2D eigenvalue weighted by Gasteiger charge is 2.07. The summed E-state index contributed by atoms with van der Waals surface area (Å²) in [5, 5.41) is 9.97. The molecule has 0 aliphatic heterocycles. The lowest BCUT2D eigenvalue weighted by Gasteiger charge is -2.07. The molecule has 4 N–H and O–H groups in total. The van der Waals surface area contributed by atoms with Crippen LogP contribution in [-0.2, 0) is 7.05 Å². The van der Waals surface area contributed by atoms with Crippen molar-refractivity contribution in [2.45, 2.75) is 6.92 Å². The number of aromatic nitrogens is 2. The zero-order chi connectivity index (χ0) is 11.0. The molecule has 2 aromatic rings. The number of hydrogen-bond donors (Lipinski definition) is 3. The summed E-state index contributed by atoms with van der Waals surface area (Å²) in [4.78, 5) is 4.30. The van der Waals surface area contributed by atoms with Crippen LogP contribution in [0.25, 0.3) is 11.0 Å². The number of hydrogen-bond acceptors (Lipinski definition) is 2. The van der Waals surface area contributed by atoms with Crippen LogP contribution < -0.4 is 11.1 Å². The average molecular weight is 203 g/mol. The van der Waals surface area contributed by atoms with Gasteiger partial charge in [0.05, 0.1) is 17.4 Å². The van der Waals surface area contributed by atoms with E-state index in [1.807, 2.05) is 30.7 Å². The van der Waals surface area contributed by atoms with Crippen LogP contribution >= 0.6 is 0 Å². The zero-order valence-corrected chi connectivity index (χ0v) is 8.70. The van der Waals surface area contributed by atoms with Crippen LogP contribution in [0.3, 0.4) is 0 Å². The monoisotopic (exact) mass is 203 g/mol. The minimum Gasteiger partial charge on any atom is -0.370 e. The molecular weight excluding hydrogens is 190 g/mol. The minimum absolute atomic E-state index is 0.0617. The molecule has 1 aromatic carbocycles. The van der Waals surface area contributed by atoms with Crippen molar-refractivity contribution in [2.75, 3.05) is 5.32 Å². The van der Waals surface area contributed by atoms with Gasteiger partial charge in [-0.05, 0) is 19.1 Å². The van der Waals surface area contributed by atoms with E-state index in [1.54, 1.807) is 6.33 Å². The summed E-state index contributed by atoms with van der Waals surface area (Å²) in [6, 6.07) is 3.86. The van der Waals surface area contributed by atoms with Gasteiger partial charge in [0.1, 0.15) is 0 Å². The fourth-order valence-electron chi connectivity index (χ4n) is 1.62. The van der Waals surface area contributed by atoms with Gasteiger partial charge in [0, 0.05) is 18.3 Å². The molecule has 0 saturated carbocycles. The van der Waals surface area contributed by atoms with Gasteiger partial charge in [-0.3, -0.25) is 5.41 Å². The molecule has 0 saturated heterocycles. The molecule has 0 atom stereocenters. The van der Waals surface area contributed by atoms with Gasteiger partial charge in [0.25, 0.3) is 0 Å². The number of rotatable bonds is 1. The molecule has 15 heavy (non-hydrogen) atoms. The van der Waals surface area contributed by atoms with Gasteiger partial charge in [-0.25, -0.2) is 4.98 Å². The maximum atomic E-state index is 7.18. The lowest BCUT2D eigenvalue weighted by Crippen LogP contribution is -2.20. The molecule has 5 nitrogen and oxygen atoms in total. The number of aryl methyl sites for hydroxylation is 2. The van der Waals surface area contributed by atoms with Crippen LogP contribution in [0.2, 0.25) is 0 Å². The Bertz CT molecular complexity index is 526. The van der Waals surface area contributed by atoms with Crippen LogP contribution in [0.1, 0.15) is 5.56 Å². The van der Waals surface area contributed by atoms with Crippen molar-refractivity contribution in [2.24, 2.45) is 12.8 Å². The highest BCUT2D eigenvalue weighted by Crippen LogP contribution is 2.23. The molecule has 0 radical (unpaired) electrons. The first-order valence-electron chi connectivity index (χ1n) is 4.61. The summed E-state index contributed by atoms with van der Waals surface area (Å²) in [6.45, 7) is 1.96. The van der Waals surface area contributed by atoms with Crippen molar-refractivity contribution in [1.82, 2.24) is 9.55 Å². The van der Waals surface area contributed by atoms with E-state index in [9.17, 15) is 0 Å². The number of guanidine groups is 1. The normalized spacial score (nSPS) is 10.5. The fraction of sp³-hybridized carbons (Fsp3) is 0.200. The van der Waals surface area contributed by atoms with Crippen molar-refractivity contribution >= 4 is 22.7 Å². The number of benzene rings is 1. The first-order valence-corrected chi connectivity index (χ1v) is 4.61. The van der Waals surface area contributed by atoms with E-state index in [0.29, 0.717) is 0 Å². The smallest absolute Gasteiger partial charge is 0.190 e. The second-order valence-electron chi connectivity index (χ2n) is 3.50. The molecule has 0 bridgehead atoms. The number of fused-ring (bicyclic) bond motifs is 1. The predicted octanol–water partition coefficient (Wildman–Crippen LogP) is 1.19. The number of nitrogens with one attached hydrogen (secondary N) is 2. The molecule has 1 aromatic heterocycles. The Morgan fingerprint density at radius 2 is 2.27 bits per heavy atom. The molecule has 5 heteroatoms. The van der Waals surface area contributed by atoms with Crippen molar-refractivity contribution < 1.29 is 0 Å². The Morgan fingerprint density at radius 3 is 2.93 bits per heavy atom. The van der Waals surface area contributed by atoms with Crippen molar-refractivity contribution in [3.8, 4) is 0 Å². The lowest BCUT2D eigenvalue weighted by molar-refractivity contribution is 0.948. The largest absolute Gasteiger partial charge is 0.370 e. The quantitative estimate of drug-likeness (QED) is 0.481. The van der Waals surface area contributed by atoms with Crippen LogP contribution in [0.15, 0.2) is 18.5 Å². The first-order chi connectivity index (χ1) is 7.09. The first kappa shape index (κ1) is 9.51. The molecule has 0 aliphatic rings. The second kappa shape index (κ2) is 3.27. The van der Waals surface area contributed by atoms with E-state index >= 15 is 0 Å². The molecule has 0 aliphatic carbocycles. The molecule has 0 spiro atoms. The Labute approximate surface area is 87.4 Å². The lowest BCUT2D eigenvalue weighted by atomic mass is 10.1. The molecule has 0 amide bonds. The molecule has 2 rings (SSSR count). The summed E-state index contributed by atoms with van der Waals surface area (Å²) in [6.07, 6.45) is 1.77. The summed E-state index contributed by atoms with van der Waals surface area (Å²) < 4.78 is 1.96. The van der Waals surface area contributed by atoms with Gasteiger partial charge < -0.3 is 15.6 Å².